The van der Waals surface area contributed by atoms with E-state index in [1.807, 2.05) is 0 Å². The number of rotatable bonds is 7. The van der Waals surface area contributed by atoms with Crippen molar-refractivity contribution in [2.45, 2.75) is 6.42 Å². The summed E-state index contributed by atoms with van der Waals surface area (Å²) in [4.78, 5) is 29.4. The molecule has 0 aliphatic carbocycles. The van der Waals surface area contributed by atoms with Gasteiger partial charge in [-0.2, -0.15) is 0 Å². The number of halogens is 2. The molecule has 1 saturated heterocycles. The van der Waals surface area contributed by atoms with Crippen LogP contribution in [0.2, 0.25) is 0 Å². The first-order valence-electron chi connectivity index (χ1n) is 11.7. The number of hydrogen-bond donors (Lipinski definition) is 1. The predicted octanol–water partition coefficient (Wildman–Crippen LogP) is 4.69. The summed E-state index contributed by atoms with van der Waals surface area (Å²) in [6, 6.07) is 10.4. The van der Waals surface area contributed by atoms with E-state index in [4.69, 9.17) is 0 Å². The van der Waals surface area contributed by atoms with Crippen LogP contribution < -0.4 is 4.90 Å². The molecule has 4 rings (SSSR count). The molecule has 1 aliphatic heterocycles. The Kier molecular flexibility index (Phi) is 7.59. The van der Waals surface area contributed by atoms with Crippen molar-refractivity contribution in [1.82, 2.24) is 14.8 Å². The lowest BCUT2D eigenvalue weighted by Gasteiger charge is -2.34. The molecule has 0 unspecified atom stereocenters. The fourth-order valence-electron chi connectivity index (χ4n) is 4.22. The number of H-pyrrole nitrogens is 1. The number of anilines is 1. The maximum absolute atomic E-state index is 14.9. The number of hydrogen-bond acceptors (Lipinski definition) is 5. The van der Waals surface area contributed by atoms with E-state index in [1.54, 1.807) is 6.21 Å². The quantitative estimate of drug-likeness (QED) is 0.487. The molecule has 1 aliphatic rings. The molecule has 0 saturated carbocycles. The van der Waals surface area contributed by atoms with Crippen LogP contribution in [0.3, 0.4) is 0 Å². The van der Waals surface area contributed by atoms with Crippen LogP contribution in [0.1, 0.15) is 15.9 Å². The van der Waals surface area contributed by atoms with Gasteiger partial charge in [0.05, 0.1) is 5.56 Å². The maximum atomic E-state index is 14.9. The van der Waals surface area contributed by atoms with E-state index >= 15 is 0 Å². The molecule has 0 atom stereocenters. The van der Waals surface area contributed by atoms with Gasteiger partial charge in [-0.15, -0.1) is 0 Å². The molecule has 0 radical (unpaired) electrons. The third-order valence-corrected chi connectivity index (χ3v) is 6.31. The fourth-order valence-corrected chi connectivity index (χ4v) is 4.22. The molecule has 2 heterocycles. The molecule has 2 aromatic carbocycles. The largest absolute Gasteiger partial charge is 0.369 e. The number of carbonyl (C=O) groups excluding carboxylic acids is 1. The topological polar surface area (TPSA) is 67.3 Å². The van der Waals surface area contributed by atoms with Gasteiger partial charge in [-0.05, 0) is 43.6 Å². The number of carbonyl (C=O) groups is 1. The highest BCUT2D eigenvalue weighted by Crippen LogP contribution is 2.40. The fraction of sp³-hybridized carbons (Fsp3) is 0.296. The Balaban J connectivity index is 1.49. The van der Waals surface area contributed by atoms with Crippen LogP contribution in [0.15, 0.2) is 52.6 Å². The summed E-state index contributed by atoms with van der Waals surface area (Å²) in [6.45, 7) is 7.68. The summed E-state index contributed by atoms with van der Waals surface area (Å²) < 4.78 is 29.7. The van der Waals surface area contributed by atoms with E-state index < -0.39 is 17.5 Å². The summed E-state index contributed by atoms with van der Waals surface area (Å²) in [5, 5.41) is 0. The van der Waals surface area contributed by atoms with E-state index in [0.29, 0.717) is 12.2 Å². The number of benzene rings is 2. The number of amides is 1. The van der Waals surface area contributed by atoms with Crippen molar-refractivity contribution in [1.29, 1.82) is 0 Å². The molecule has 1 N–H and O–H groups in total. The molecule has 0 bridgehead atoms. The van der Waals surface area contributed by atoms with Crippen molar-refractivity contribution in [3.05, 3.63) is 65.4 Å². The van der Waals surface area contributed by atoms with Crippen LogP contribution in [0.5, 0.6) is 0 Å². The molecule has 1 fully saturated rings. The first kappa shape index (κ1) is 25.2. The number of nitrogens with zero attached hydrogens (tertiary/aromatic N) is 5. The van der Waals surface area contributed by atoms with Gasteiger partial charge in [0.1, 0.15) is 17.3 Å². The van der Waals surface area contributed by atoms with Crippen LogP contribution in [0.4, 0.5) is 26.0 Å². The van der Waals surface area contributed by atoms with Gasteiger partial charge in [0.15, 0.2) is 5.82 Å². The standard InChI is InChI=1S/C27H30F2N6O/c1-30-25-21(24-22(28)15-19(16-23(24)29)27(36)33(2)3)17-32-26(25)31-10-9-18-5-7-20(8-6-18)35-13-11-34(4)12-14-35/h5-8,10,15-17,32H,1,9,11-14H2,2-4H3/b31-10-. The summed E-state index contributed by atoms with van der Waals surface area (Å²) >= 11 is 0. The molecule has 9 heteroatoms. The van der Waals surface area contributed by atoms with Crippen LogP contribution in [0.25, 0.3) is 11.1 Å². The summed E-state index contributed by atoms with van der Waals surface area (Å²) in [6.07, 6.45) is 3.75. The molecule has 36 heavy (non-hydrogen) atoms. The SMILES string of the molecule is C=Nc1c(-c2c(F)cc(C(=O)N(C)C)cc2F)c[nH]c1/N=C\Cc1ccc(N2CCN(C)CC2)cc1. The molecule has 1 amide bonds. The normalized spacial score (nSPS) is 14.4. The van der Waals surface area contributed by atoms with Gasteiger partial charge in [0, 0.05) is 75.9 Å². The highest BCUT2D eigenvalue weighted by Gasteiger charge is 2.22. The number of nitrogens with one attached hydrogen (secondary N) is 1. The van der Waals surface area contributed by atoms with E-state index in [0.717, 1.165) is 43.9 Å². The molecular weight excluding hydrogens is 462 g/mol. The van der Waals surface area contributed by atoms with Gasteiger partial charge < -0.3 is 19.7 Å². The zero-order valence-electron chi connectivity index (χ0n) is 20.8. The highest BCUT2D eigenvalue weighted by atomic mass is 19.1. The van der Waals surface area contributed by atoms with Crippen LogP contribution in [-0.2, 0) is 6.42 Å². The number of aromatic amines is 1. The van der Waals surface area contributed by atoms with Crippen molar-refractivity contribution in [3.63, 3.8) is 0 Å². The van der Waals surface area contributed by atoms with Crippen molar-refractivity contribution >= 4 is 36.0 Å². The lowest BCUT2D eigenvalue weighted by atomic mass is 10.0. The van der Waals surface area contributed by atoms with Gasteiger partial charge in [0.25, 0.3) is 5.91 Å². The Morgan fingerprint density at radius 3 is 2.33 bits per heavy atom. The lowest BCUT2D eigenvalue weighted by molar-refractivity contribution is 0.0826. The van der Waals surface area contributed by atoms with E-state index in [1.165, 1.54) is 30.9 Å². The van der Waals surface area contributed by atoms with Crippen molar-refractivity contribution < 1.29 is 13.6 Å². The second kappa shape index (κ2) is 10.8. The van der Waals surface area contributed by atoms with Gasteiger partial charge in [-0.25, -0.2) is 13.8 Å². The summed E-state index contributed by atoms with van der Waals surface area (Å²) in [7, 11) is 5.17. The monoisotopic (exact) mass is 492 g/mol. The molecule has 188 valence electrons. The second-order valence-electron chi connectivity index (χ2n) is 9.04. The Hall–Kier alpha value is -3.85. The minimum Gasteiger partial charge on any atom is -0.369 e. The Bertz CT molecular complexity index is 1250. The number of likely N-dealkylation sites (N-methyl/N-ethyl adjacent to an activating group) is 1. The predicted molar refractivity (Wildman–Crippen MR) is 141 cm³/mol. The third kappa shape index (κ3) is 5.36. The lowest BCUT2D eigenvalue weighted by Crippen LogP contribution is -2.44. The van der Waals surface area contributed by atoms with Crippen LogP contribution in [-0.4, -0.2) is 80.9 Å². The molecule has 0 spiro atoms. The van der Waals surface area contributed by atoms with E-state index in [9.17, 15) is 13.6 Å². The Labute approximate surface area is 209 Å². The number of aromatic nitrogens is 1. The first-order chi connectivity index (χ1) is 17.3. The zero-order valence-corrected chi connectivity index (χ0v) is 20.8. The molecule has 3 aromatic rings. The Morgan fingerprint density at radius 2 is 1.75 bits per heavy atom. The average molecular weight is 493 g/mol. The smallest absolute Gasteiger partial charge is 0.253 e. The number of aliphatic imine (C=N–C) groups is 2. The zero-order chi connectivity index (χ0) is 25.8. The first-order valence-corrected chi connectivity index (χ1v) is 11.7. The average Bonchev–Trinajstić information content (AvgIpc) is 3.26. The van der Waals surface area contributed by atoms with Crippen LogP contribution >= 0.6 is 0 Å². The second-order valence-corrected chi connectivity index (χ2v) is 9.04. The van der Waals surface area contributed by atoms with Gasteiger partial charge in [-0.1, -0.05) is 12.1 Å². The Morgan fingerprint density at radius 1 is 1.11 bits per heavy atom. The van der Waals surface area contributed by atoms with E-state index in [-0.39, 0.29) is 22.4 Å². The third-order valence-electron chi connectivity index (χ3n) is 6.31. The molecular formula is C27H30F2N6O. The van der Waals surface area contributed by atoms with Gasteiger partial charge in [-0.3, -0.25) is 9.79 Å². The minimum atomic E-state index is -0.861. The maximum Gasteiger partial charge on any atom is 0.253 e. The number of piperazine rings is 1. The molecule has 7 nitrogen and oxygen atoms in total. The molecule has 1 aromatic heterocycles. The van der Waals surface area contributed by atoms with Gasteiger partial charge >= 0.3 is 0 Å². The summed E-state index contributed by atoms with van der Waals surface area (Å²) in [5.74, 6) is -1.86. The summed E-state index contributed by atoms with van der Waals surface area (Å²) in [5.41, 5.74) is 2.37. The van der Waals surface area contributed by atoms with Gasteiger partial charge in [0.2, 0.25) is 0 Å². The highest BCUT2D eigenvalue weighted by molar-refractivity contribution is 5.95. The van der Waals surface area contributed by atoms with E-state index in [2.05, 4.69) is 62.8 Å². The minimum absolute atomic E-state index is 0.0701. The van der Waals surface area contributed by atoms with Crippen LogP contribution in [0, 0.1) is 11.6 Å². The van der Waals surface area contributed by atoms with Crippen molar-refractivity contribution in [2.24, 2.45) is 9.98 Å². The van der Waals surface area contributed by atoms with Crippen molar-refractivity contribution in [2.75, 3.05) is 52.2 Å². The van der Waals surface area contributed by atoms with Crippen molar-refractivity contribution in [3.8, 4) is 11.1 Å².